The molecule has 0 unspecified atom stereocenters. The summed E-state index contributed by atoms with van der Waals surface area (Å²) in [7, 11) is 0. The number of pyridine rings is 1. The first-order valence-electron chi connectivity index (χ1n) is 8.82. The molecular formula is C21H15N4NaO2S. The summed E-state index contributed by atoms with van der Waals surface area (Å²) in [5, 5.41) is 5.34. The number of hydrogen-bond acceptors (Lipinski definition) is 4. The number of nitrogens with zero attached hydrogens (tertiary/aromatic N) is 4. The molecule has 0 saturated heterocycles. The molecule has 138 valence electrons. The van der Waals surface area contributed by atoms with Gasteiger partial charge in [0.05, 0.1) is 16.8 Å². The number of aryl methyl sites for hydroxylation is 1. The van der Waals surface area contributed by atoms with E-state index in [1.54, 1.807) is 11.5 Å². The predicted octanol–water partition coefficient (Wildman–Crippen LogP) is 0.0800. The van der Waals surface area contributed by atoms with Gasteiger partial charge in [0, 0.05) is 11.1 Å². The molecule has 0 aliphatic carbocycles. The molecule has 0 aliphatic heterocycles. The third-order valence-electron chi connectivity index (χ3n) is 4.81. The Morgan fingerprint density at radius 2 is 1.76 bits per heavy atom. The van der Waals surface area contributed by atoms with Gasteiger partial charge in [0.25, 0.3) is 0 Å². The Kier molecular flexibility index (Phi) is 5.31. The molecule has 0 radical (unpaired) electrons. The molecule has 8 heteroatoms. The predicted molar refractivity (Wildman–Crippen MR) is 111 cm³/mol. The fourth-order valence-corrected chi connectivity index (χ4v) is 4.31. The Balaban J connectivity index is 0.00000205. The van der Waals surface area contributed by atoms with Crippen LogP contribution in [0.3, 0.4) is 0 Å². The molecular weight excluding hydrogens is 395 g/mol. The molecule has 3 aromatic heterocycles. The number of rotatable bonds is 3. The van der Waals surface area contributed by atoms with Crippen LogP contribution >= 0.6 is 11.3 Å². The Hall–Kier alpha value is -2.45. The molecule has 6 nitrogen and oxygen atoms in total. The van der Waals surface area contributed by atoms with Gasteiger partial charge in [-0.25, -0.2) is 4.98 Å². The van der Waals surface area contributed by atoms with Crippen molar-refractivity contribution in [2.75, 3.05) is 0 Å². The van der Waals surface area contributed by atoms with Gasteiger partial charge in [-0.1, -0.05) is 53.8 Å². The topological polar surface area (TPSA) is 71.0 Å². The summed E-state index contributed by atoms with van der Waals surface area (Å²) in [5.41, 5.74) is 2.40. The quantitative estimate of drug-likeness (QED) is 0.395. The van der Waals surface area contributed by atoms with Gasteiger partial charge >= 0.3 is 29.6 Å². The van der Waals surface area contributed by atoms with Crippen LogP contribution in [0.1, 0.15) is 11.3 Å². The van der Waals surface area contributed by atoms with E-state index in [4.69, 9.17) is 0 Å². The van der Waals surface area contributed by atoms with Crippen molar-refractivity contribution in [3.05, 3.63) is 92.6 Å². The van der Waals surface area contributed by atoms with Gasteiger partial charge in [-0.3, -0.25) is 9.59 Å². The molecule has 5 aromatic rings. The molecule has 0 bridgehead atoms. The second-order valence-electron chi connectivity index (χ2n) is 6.58. The van der Waals surface area contributed by atoms with Crippen LogP contribution in [0.2, 0.25) is 0 Å². The molecule has 0 fully saturated rings. The summed E-state index contributed by atoms with van der Waals surface area (Å²) in [6.07, 6.45) is 0. The number of fused-ring (bicyclic) bond motifs is 2. The molecule has 3 heterocycles. The van der Waals surface area contributed by atoms with Gasteiger partial charge in [0.1, 0.15) is 0 Å². The second-order valence-corrected chi connectivity index (χ2v) is 7.59. The third kappa shape index (κ3) is 3.40. The van der Waals surface area contributed by atoms with Crippen molar-refractivity contribution in [2.24, 2.45) is 0 Å². The van der Waals surface area contributed by atoms with Crippen molar-refractivity contribution in [1.29, 1.82) is 0 Å². The number of para-hydroxylation sites is 1. The summed E-state index contributed by atoms with van der Waals surface area (Å²) in [6, 6.07) is 18.8. The van der Waals surface area contributed by atoms with E-state index >= 15 is 0 Å². The fraction of sp³-hybridized carbons (Fsp3) is 0.0952. The van der Waals surface area contributed by atoms with E-state index in [1.165, 1.54) is 22.1 Å². The SMILES string of the molecule is Cc1c2c(=O)n(-c3nc4ccccc4s3)[n-]c2cc(=O)n1Cc1ccccc1.[Na+]. The number of benzene rings is 2. The average Bonchev–Trinajstić information content (AvgIpc) is 3.27. The van der Waals surface area contributed by atoms with Crippen LogP contribution in [0.15, 0.2) is 70.3 Å². The minimum Gasteiger partial charge on any atom is -0.585 e. The van der Waals surface area contributed by atoms with Crippen LogP contribution in [-0.2, 0) is 6.54 Å². The molecule has 0 amide bonds. The summed E-state index contributed by atoms with van der Waals surface area (Å²) < 4.78 is 3.90. The van der Waals surface area contributed by atoms with Crippen molar-refractivity contribution in [1.82, 2.24) is 19.3 Å². The maximum Gasteiger partial charge on any atom is 1.00 e. The number of hydrogen-bond donors (Lipinski definition) is 0. The monoisotopic (exact) mass is 410 g/mol. The molecule has 5 rings (SSSR count). The maximum absolute atomic E-state index is 13.1. The summed E-state index contributed by atoms with van der Waals surface area (Å²) in [6.45, 7) is 2.20. The van der Waals surface area contributed by atoms with Gasteiger partial charge in [0.15, 0.2) is 5.13 Å². The maximum atomic E-state index is 13.1. The van der Waals surface area contributed by atoms with E-state index in [9.17, 15) is 9.59 Å². The Morgan fingerprint density at radius 3 is 2.52 bits per heavy atom. The van der Waals surface area contributed by atoms with Crippen LogP contribution in [0.25, 0.3) is 26.3 Å². The first-order chi connectivity index (χ1) is 13.6. The van der Waals surface area contributed by atoms with Crippen LogP contribution in [0.4, 0.5) is 0 Å². The molecule has 2 aromatic carbocycles. The Labute approximate surface area is 191 Å². The Bertz CT molecular complexity index is 1410. The van der Waals surface area contributed by atoms with Gasteiger partial charge in [-0.05, 0) is 30.7 Å². The van der Waals surface area contributed by atoms with Gasteiger partial charge < -0.3 is 14.3 Å². The van der Waals surface area contributed by atoms with E-state index in [1.807, 2.05) is 54.6 Å². The Morgan fingerprint density at radius 1 is 1.03 bits per heavy atom. The minimum atomic E-state index is -0.256. The van der Waals surface area contributed by atoms with Crippen molar-refractivity contribution >= 4 is 32.5 Å². The van der Waals surface area contributed by atoms with Crippen molar-refractivity contribution in [2.45, 2.75) is 13.5 Å². The molecule has 0 N–H and O–H groups in total. The van der Waals surface area contributed by atoms with Crippen LogP contribution < -0.4 is 45.8 Å². The standard InChI is InChI=1S/C21H16N4O2S.Na/c1-13-19-16(11-18(26)24(13)12-14-7-3-2-4-8-14)23-25(20(19)27)21-22-15-9-5-6-10-17(15)28-21;/h2-11H,12H2,1H3,(H,23,26);/q;+1/p-1. The van der Waals surface area contributed by atoms with Crippen molar-refractivity contribution in [3.8, 4) is 5.13 Å². The smallest absolute Gasteiger partial charge is 0.585 e. The van der Waals surface area contributed by atoms with Crippen molar-refractivity contribution in [3.63, 3.8) is 0 Å². The van der Waals surface area contributed by atoms with E-state index in [0.717, 1.165) is 15.8 Å². The van der Waals surface area contributed by atoms with Gasteiger partial charge in [0.2, 0.25) is 11.1 Å². The summed E-state index contributed by atoms with van der Waals surface area (Å²) in [5.74, 6) is 0. The zero-order chi connectivity index (χ0) is 19.3. The molecule has 0 spiro atoms. The molecule has 29 heavy (non-hydrogen) atoms. The van der Waals surface area contributed by atoms with Crippen LogP contribution in [-0.4, -0.2) is 14.2 Å². The average molecular weight is 410 g/mol. The third-order valence-corrected chi connectivity index (χ3v) is 5.82. The van der Waals surface area contributed by atoms with Gasteiger partial charge in [-0.2, -0.15) is 0 Å². The first-order valence-corrected chi connectivity index (χ1v) is 9.63. The minimum absolute atomic E-state index is 0. The fourth-order valence-electron chi connectivity index (χ4n) is 3.40. The van der Waals surface area contributed by atoms with E-state index < -0.39 is 0 Å². The zero-order valence-corrected chi connectivity index (χ0v) is 18.8. The summed E-state index contributed by atoms with van der Waals surface area (Å²) in [4.78, 5) is 30.3. The molecule has 0 aliphatic rings. The van der Waals surface area contributed by atoms with E-state index in [-0.39, 0.29) is 40.7 Å². The number of aromatic nitrogens is 4. The number of thiazole rings is 1. The van der Waals surface area contributed by atoms with Crippen LogP contribution in [0, 0.1) is 6.92 Å². The largest absolute Gasteiger partial charge is 1.00 e. The zero-order valence-electron chi connectivity index (χ0n) is 16.0. The normalized spacial score (nSPS) is 11.1. The van der Waals surface area contributed by atoms with Crippen molar-refractivity contribution < 1.29 is 29.6 Å². The second kappa shape index (κ2) is 7.76. The van der Waals surface area contributed by atoms with E-state index in [0.29, 0.717) is 28.3 Å². The first kappa shape index (κ1) is 19.8. The summed E-state index contributed by atoms with van der Waals surface area (Å²) >= 11 is 1.40. The molecule has 0 saturated carbocycles. The molecule has 0 atom stereocenters. The van der Waals surface area contributed by atoms with E-state index in [2.05, 4.69) is 10.1 Å². The van der Waals surface area contributed by atoms with Crippen LogP contribution in [0.5, 0.6) is 0 Å². The van der Waals surface area contributed by atoms with Gasteiger partial charge in [-0.15, -0.1) is 5.52 Å².